The highest BCUT2D eigenvalue weighted by Crippen LogP contribution is 2.35. The molecule has 0 aliphatic heterocycles. The lowest BCUT2D eigenvalue weighted by atomic mass is 10.0. The molecule has 0 saturated heterocycles. The Balaban J connectivity index is 1.56. The first-order valence-corrected chi connectivity index (χ1v) is 15.0. The number of carbonyl (C=O) groups excluding carboxylic acids is 3. The molecule has 1 atom stereocenters. The third-order valence-corrected chi connectivity index (χ3v) is 8.56. The maximum absolute atomic E-state index is 12.8. The lowest BCUT2D eigenvalue weighted by Crippen LogP contribution is -2.41. The first-order valence-electron chi connectivity index (χ1n) is 12.2. The Hall–Kier alpha value is -3.55. The Morgan fingerprint density at radius 3 is 2.46 bits per heavy atom. The van der Waals surface area contributed by atoms with Crippen molar-refractivity contribution in [1.82, 2.24) is 20.9 Å². The molecule has 1 saturated carbocycles. The summed E-state index contributed by atoms with van der Waals surface area (Å²) < 4.78 is 36.2. The minimum Gasteiger partial charge on any atom is -0.496 e. The number of carbonyl (C=O) groups is 3. The van der Waals surface area contributed by atoms with Crippen LogP contribution >= 0.6 is 11.3 Å². The number of nitrogens with one attached hydrogen (secondary N) is 3. The summed E-state index contributed by atoms with van der Waals surface area (Å²) in [6.45, 7) is 0.448. The fraction of sp³-hybridized carbons (Fsp3) is 0.385. The van der Waals surface area contributed by atoms with Gasteiger partial charge in [0.2, 0.25) is 11.8 Å². The number of hydrogen-bond acceptors (Lipinski definition) is 9. The summed E-state index contributed by atoms with van der Waals surface area (Å²) in [6.07, 6.45) is 2.78. The summed E-state index contributed by atoms with van der Waals surface area (Å²) in [7, 11) is -0.840. The van der Waals surface area contributed by atoms with Crippen molar-refractivity contribution in [3.05, 3.63) is 47.0 Å². The van der Waals surface area contributed by atoms with Crippen molar-refractivity contribution < 1.29 is 32.3 Å². The zero-order valence-corrected chi connectivity index (χ0v) is 23.4. The molecule has 1 aromatic heterocycles. The quantitative estimate of drug-likeness (QED) is 0.277. The van der Waals surface area contributed by atoms with Gasteiger partial charge in [0.1, 0.15) is 10.8 Å². The van der Waals surface area contributed by atoms with Crippen LogP contribution in [0.5, 0.6) is 5.75 Å². The molecule has 1 unspecified atom stereocenters. The minimum atomic E-state index is -3.87. The molecule has 3 amide bonds. The topological polar surface area (TPSA) is 153 Å². The molecule has 13 heteroatoms. The molecule has 208 valence electrons. The molecule has 1 aliphatic carbocycles. The molecule has 1 heterocycles. The number of methoxy groups -OCH3 is 2. The molecule has 2 aromatic carbocycles. The van der Waals surface area contributed by atoms with Crippen LogP contribution in [0.15, 0.2) is 36.4 Å². The first-order chi connectivity index (χ1) is 18.6. The number of sulfone groups is 1. The number of rotatable bonds is 12. The predicted molar refractivity (Wildman–Crippen MR) is 148 cm³/mol. The van der Waals surface area contributed by atoms with E-state index in [1.54, 1.807) is 31.4 Å². The van der Waals surface area contributed by atoms with Crippen molar-refractivity contribution in [3.63, 3.8) is 0 Å². The Morgan fingerprint density at radius 1 is 1.08 bits per heavy atom. The highest BCUT2D eigenvalue weighted by atomic mass is 32.2. The van der Waals surface area contributed by atoms with E-state index in [2.05, 4.69) is 20.9 Å². The van der Waals surface area contributed by atoms with Gasteiger partial charge in [0.05, 0.1) is 36.0 Å². The van der Waals surface area contributed by atoms with Gasteiger partial charge in [-0.25, -0.2) is 13.4 Å². The average Bonchev–Trinajstić information content (AvgIpc) is 3.61. The van der Waals surface area contributed by atoms with Crippen LogP contribution in [0, 0.1) is 0 Å². The number of nitrogens with zero attached hydrogens (tertiary/aromatic N) is 1. The van der Waals surface area contributed by atoms with Gasteiger partial charge in [0, 0.05) is 26.0 Å². The molecule has 0 spiro atoms. The normalized spacial score (nSPS) is 14.0. The highest BCUT2D eigenvalue weighted by molar-refractivity contribution is 7.91. The molecule has 39 heavy (non-hydrogen) atoms. The van der Waals surface area contributed by atoms with Crippen LogP contribution in [0.2, 0.25) is 0 Å². The first kappa shape index (κ1) is 28.5. The van der Waals surface area contributed by atoms with Crippen molar-refractivity contribution in [3.8, 4) is 16.9 Å². The summed E-state index contributed by atoms with van der Waals surface area (Å²) in [5.74, 6) is -1.05. The van der Waals surface area contributed by atoms with Crippen molar-refractivity contribution in [2.75, 3.05) is 40.2 Å². The molecule has 11 nitrogen and oxygen atoms in total. The largest absolute Gasteiger partial charge is 0.496 e. The molecular weight excluding hydrogens is 544 g/mol. The van der Waals surface area contributed by atoms with Crippen LogP contribution in [0.4, 0.5) is 0 Å². The van der Waals surface area contributed by atoms with Crippen molar-refractivity contribution in [1.29, 1.82) is 0 Å². The van der Waals surface area contributed by atoms with Crippen LogP contribution < -0.4 is 20.7 Å². The standard InChI is InChI=1S/C26H30N4O7S2/c1-36-11-10-27-24(32)18-8-4-15(12-20(18)37-2)16-5-9-19-21(13-16)38-26(30-19)23(39(3,34)35)25(33)28-14-22(31)29-17-6-7-17/h4-5,8-9,12-13,17,23H,6-7,10-11,14H2,1-3H3,(H,27,32)(H,28,33)(H,29,31). The number of fused-ring (bicyclic) bond motifs is 1. The van der Waals surface area contributed by atoms with E-state index in [4.69, 9.17) is 9.47 Å². The van der Waals surface area contributed by atoms with Crippen LogP contribution in [-0.2, 0) is 24.2 Å². The summed E-state index contributed by atoms with van der Waals surface area (Å²) in [5, 5.41) is 6.52. The number of thiazole rings is 1. The van der Waals surface area contributed by atoms with Gasteiger partial charge in [-0.05, 0) is 48.2 Å². The molecule has 3 aromatic rings. The summed E-state index contributed by atoms with van der Waals surface area (Å²) in [5.41, 5.74) is 2.48. The number of aromatic nitrogens is 1. The molecular formula is C26H30N4O7S2. The summed E-state index contributed by atoms with van der Waals surface area (Å²) in [4.78, 5) is 41.7. The smallest absolute Gasteiger partial charge is 0.255 e. The maximum Gasteiger partial charge on any atom is 0.255 e. The second-order valence-electron chi connectivity index (χ2n) is 9.17. The molecule has 0 bridgehead atoms. The Labute approximate surface area is 230 Å². The van der Waals surface area contributed by atoms with Gasteiger partial charge in [-0.2, -0.15) is 0 Å². The van der Waals surface area contributed by atoms with Gasteiger partial charge in [-0.15, -0.1) is 11.3 Å². The van der Waals surface area contributed by atoms with Crippen LogP contribution in [0.3, 0.4) is 0 Å². The van der Waals surface area contributed by atoms with Crippen LogP contribution in [-0.4, -0.2) is 77.3 Å². The number of ether oxygens (including phenoxy) is 2. The lowest BCUT2D eigenvalue weighted by Gasteiger charge is -2.12. The monoisotopic (exact) mass is 574 g/mol. The zero-order chi connectivity index (χ0) is 28.2. The molecule has 3 N–H and O–H groups in total. The van der Waals surface area contributed by atoms with E-state index in [1.807, 2.05) is 12.1 Å². The zero-order valence-electron chi connectivity index (χ0n) is 21.8. The second kappa shape index (κ2) is 12.1. The van der Waals surface area contributed by atoms with Gasteiger partial charge in [0.25, 0.3) is 5.91 Å². The van der Waals surface area contributed by atoms with E-state index < -0.39 is 21.0 Å². The third-order valence-electron chi connectivity index (χ3n) is 6.03. The number of hydrogen-bond donors (Lipinski definition) is 3. The lowest BCUT2D eigenvalue weighted by molar-refractivity contribution is -0.126. The number of amides is 3. The Morgan fingerprint density at radius 2 is 1.79 bits per heavy atom. The molecule has 1 fully saturated rings. The van der Waals surface area contributed by atoms with Crippen molar-refractivity contribution in [2.45, 2.75) is 24.1 Å². The van der Waals surface area contributed by atoms with E-state index in [-0.39, 0.29) is 29.4 Å². The minimum absolute atomic E-state index is 0.116. The third kappa shape index (κ3) is 7.11. The average molecular weight is 575 g/mol. The fourth-order valence-electron chi connectivity index (χ4n) is 3.91. The van der Waals surface area contributed by atoms with Crippen molar-refractivity contribution in [2.24, 2.45) is 0 Å². The Kier molecular flexibility index (Phi) is 8.83. The SMILES string of the molecule is COCCNC(=O)c1ccc(-c2ccc3nc(C(C(=O)NCC(=O)NC4CC4)S(C)(=O)=O)sc3c2)cc1OC. The molecule has 1 aliphatic rings. The van der Waals surface area contributed by atoms with E-state index in [9.17, 15) is 22.8 Å². The van der Waals surface area contributed by atoms with Gasteiger partial charge < -0.3 is 25.4 Å². The molecule has 0 radical (unpaired) electrons. The van der Waals surface area contributed by atoms with Gasteiger partial charge in [-0.1, -0.05) is 12.1 Å². The van der Waals surface area contributed by atoms with E-state index >= 15 is 0 Å². The van der Waals surface area contributed by atoms with Gasteiger partial charge >= 0.3 is 0 Å². The van der Waals surface area contributed by atoms with Crippen LogP contribution in [0.25, 0.3) is 21.3 Å². The van der Waals surface area contributed by atoms with E-state index in [0.717, 1.165) is 41.6 Å². The van der Waals surface area contributed by atoms with Crippen molar-refractivity contribution >= 4 is 49.1 Å². The van der Waals surface area contributed by atoms with Gasteiger partial charge in [-0.3, -0.25) is 14.4 Å². The van der Waals surface area contributed by atoms with E-state index in [1.165, 1.54) is 7.11 Å². The Bertz CT molecular complexity index is 1500. The predicted octanol–water partition coefficient (Wildman–Crippen LogP) is 1.83. The van der Waals surface area contributed by atoms with Gasteiger partial charge in [0.15, 0.2) is 15.1 Å². The fourth-order valence-corrected chi connectivity index (χ4v) is 6.46. The van der Waals surface area contributed by atoms with E-state index in [0.29, 0.717) is 34.7 Å². The summed E-state index contributed by atoms with van der Waals surface area (Å²) in [6, 6.07) is 10.7. The summed E-state index contributed by atoms with van der Waals surface area (Å²) >= 11 is 1.09. The number of benzene rings is 2. The molecule has 4 rings (SSSR count). The highest BCUT2D eigenvalue weighted by Gasteiger charge is 2.34. The maximum atomic E-state index is 12.8. The van der Waals surface area contributed by atoms with Crippen LogP contribution in [0.1, 0.15) is 33.5 Å². The second-order valence-corrected chi connectivity index (χ2v) is 12.4.